The molecule has 0 radical (unpaired) electrons. The van der Waals surface area contributed by atoms with E-state index in [-0.39, 0.29) is 24.5 Å². The predicted octanol–water partition coefficient (Wildman–Crippen LogP) is 7.86. The average molecular weight is 979 g/mol. The number of imide groups is 1. The first-order chi connectivity index (χ1) is 34.9. The van der Waals surface area contributed by atoms with Crippen LogP contribution in [0.2, 0.25) is 0 Å². The zero-order valence-corrected chi connectivity index (χ0v) is 41.5. The summed E-state index contributed by atoms with van der Waals surface area (Å²) in [6.45, 7) is 3.99. The number of fused-ring (bicyclic) bond motifs is 3. The number of rotatable bonds is 10. The highest BCUT2D eigenvalue weighted by Gasteiger charge is 2.76. The number of carbonyl (C=O) groups is 5. The Morgan fingerprint density at radius 3 is 2.08 bits per heavy atom. The molecule has 4 aromatic carbocycles. The van der Waals surface area contributed by atoms with Crippen LogP contribution in [-0.4, -0.2) is 101 Å². The molecule has 0 unspecified atom stereocenters. The van der Waals surface area contributed by atoms with Crippen molar-refractivity contribution >= 4 is 35.5 Å². The van der Waals surface area contributed by atoms with E-state index in [1.807, 2.05) is 71.6 Å². The average Bonchev–Trinajstić information content (AvgIpc) is 3.72. The summed E-state index contributed by atoms with van der Waals surface area (Å²) in [6, 6.07) is 25.7. The fraction of sp³-hybridized carbons (Fsp3) is 0.466. The molecule has 0 bridgehead atoms. The maximum Gasteiger partial charge on any atom is 0.329 e. The number of likely N-dealkylation sites (tertiary alicyclic amines) is 1. The lowest BCUT2D eigenvalue weighted by Crippen LogP contribution is -2.58. The lowest BCUT2D eigenvalue weighted by Gasteiger charge is -2.46. The number of esters is 2. The lowest BCUT2D eigenvalue weighted by atomic mass is 9.64. The number of hydrogen-bond donors (Lipinski definition) is 3. The number of morpholine rings is 1. The summed E-state index contributed by atoms with van der Waals surface area (Å²) >= 11 is 0. The second-order valence-corrected chi connectivity index (χ2v) is 20.3. The third kappa shape index (κ3) is 9.50. The third-order valence-electron chi connectivity index (χ3n) is 15.4. The van der Waals surface area contributed by atoms with Gasteiger partial charge in [0.05, 0.1) is 37.4 Å². The van der Waals surface area contributed by atoms with Crippen molar-refractivity contribution in [2.24, 2.45) is 11.8 Å². The van der Waals surface area contributed by atoms with E-state index >= 15 is 19.2 Å². The van der Waals surface area contributed by atoms with Gasteiger partial charge in [-0.15, -0.1) is 0 Å². The van der Waals surface area contributed by atoms with Crippen LogP contribution in [0.5, 0.6) is 5.75 Å². The van der Waals surface area contributed by atoms with E-state index in [0.29, 0.717) is 61.2 Å². The number of aliphatic hydroxyl groups is 2. The molecule has 4 amide bonds. The first kappa shape index (κ1) is 50.4. The van der Waals surface area contributed by atoms with Crippen LogP contribution >= 0.6 is 0 Å². The van der Waals surface area contributed by atoms with Crippen LogP contribution < -0.4 is 15.0 Å². The van der Waals surface area contributed by atoms with Gasteiger partial charge in [-0.1, -0.05) is 131 Å². The van der Waals surface area contributed by atoms with Crippen molar-refractivity contribution in [1.82, 2.24) is 15.1 Å². The van der Waals surface area contributed by atoms with E-state index in [9.17, 15) is 15.0 Å². The molecule has 1 spiro atoms. The number of nitrogens with one attached hydrogen (secondary N) is 1. The molecule has 5 aliphatic rings. The number of urea groups is 1. The van der Waals surface area contributed by atoms with Crippen LogP contribution in [0.25, 0.3) is 0 Å². The second kappa shape index (κ2) is 21.7. The van der Waals surface area contributed by atoms with Gasteiger partial charge in [-0.25, -0.2) is 14.5 Å². The maximum absolute atomic E-state index is 16.9. The second-order valence-electron chi connectivity index (χ2n) is 20.3. The molecule has 1 aliphatic carbocycles. The van der Waals surface area contributed by atoms with Crippen LogP contribution in [0.15, 0.2) is 103 Å². The number of ether oxygens (including phenoxy) is 3. The van der Waals surface area contributed by atoms with Gasteiger partial charge in [0.25, 0.3) is 0 Å². The fourth-order valence-electron chi connectivity index (χ4n) is 12.0. The highest BCUT2D eigenvalue weighted by atomic mass is 16.6. The first-order valence-electron chi connectivity index (χ1n) is 25.7. The molecule has 72 heavy (non-hydrogen) atoms. The Bertz CT molecular complexity index is 2690. The van der Waals surface area contributed by atoms with Gasteiger partial charge in [-0.3, -0.25) is 19.3 Å². The molecule has 7 atom stereocenters. The van der Waals surface area contributed by atoms with Gasteiger partial charge in [-0.05, 0) is 97.0 Å². The zero-order chi connectivity index (χ0) is 50.6. The topological polar surface area (TPSA) is 175 Å². The summed E-state index contributed by atoms with van der Waals surface area (Å²) in [5.41, 5.74) is -0.504. The number of benzene rings is 4. The Balaban J connectivity index is 1.37. The van der Waals surface area contributed by atoms with Crippen LogP contribution in [0.4, 0.5) is 10.5 Å². The molecule has 4 heterocycles. The van der Waals surface area contributed by atoms with E-state index in [0.717, 1.165) is 55.4 Å². The number of cyclic esters (lactones) is 1. The third-order valence-corrected chi connectivity index (χ3v) is 15.4. The number of nitrogens with zero attached hydrogens (tertiary/aromatic N) is 3. The van der Waals surface area contributed by atoms with Gasteiger partial charge in [-0.2, -0.15) is 0 Å². The van der Waals surface area contributed by atoms with E-state index in [2.05, 4.69) is 17.2 Å². The molecule has 0 aromatic heterocycles. The highest BCUT2D eigenvalue weighted by Crippen LogP contribution is 2.66. The molecule has 3 saturated heterocycles. The van der Waals surface area contributed by atoms with Gasteiger partial charge in [0.2, 0.25) is 11.8 Å². The summed E-state index contributed by atoms with van der Waals surface area (Å²) in [5, 5.41) is 24.5. The van der Waals surface area contributed by atoms with Gasteiger partial charge >= 0.3 is 18.0 Å². The number of anilines is 1. The molecule has 9 rings (SSSR count). The van der Waals surface area contributed by atoms with Gasteiger partial charge < -0.3 is 34.6 Å². The smallest absolute Gasteiger partial charge is 0.329 e. The molecular weight excluding hydrogens is 913 g/mol. The van der Waals surface area contributed by atoms with Gasteiger partial charge in [0.15, 0.2) is 0 Å². The monoisotopic (exact) mass is 978 g/mol. The molecule has 4 fully saturated rings. The number of carbonyl (C=O) groups excluding carboxylic acids is 5. The summed E-state index contributed by atoms with van der Waals surface area (Å²) in [6.07, 6.45) is 7.96. The standard InChI is InChI=1S/C58H66N4O10/c1-38(2)47(53(65)70-3)59-56(68)61-45-27-26-39(28-31-57(69)29-15-5-6-16-30-57)36-44(45)58(55(61)67)46(52(64)60-32-17-7-4-8-18-33-60)49-54(66)72-50(41-22-13-10-14-23-41)48(40-20-11-9-12-21-40)62(49)51(58)42-24-19-25-43(37-42)71-35-34-63/h9-14,19-27,36-38,46-51,63,69H,4-8,15-18,29-30,32-35H2,1-3H3,(H,59,68)/t46-,47-,48-,49-,50+,51+,58-/m0/s1. The Morgan fingerprint density at radius 1 is 0.792 bits per heavy atom. The predicted molar refractivity (Wildman–Crippen MR) is 269 cm³/mol. The minimum atomic E-state index is -2.07. The molecular formula is C58H66N4O10. The summed E-state index contributed by atoms with van der Waals surface area (Å²) in [7, 11) is 1.23. The van der Waals surface area contributed by atoms with E-state index in [1.165, 1.54) is 7.11 Å². The lowest BCUT2D eigenvalue weighted by molar-refractivity contribution is -0.179. The quantitative estimate of drug-likeness (QED) is 0.0802. The number of methoxy groups -OCH3 is 1. The molecule has 1 saturated carbocycles. The first-order valence-corrected chi connectivity index (χ1v) is 25.7. The van der Waals surface area contributed by atoms with Crippen molar-refractivity contribution in [3.8, 4) is 17.6 Å². The van der Waals surface area contributed by atoms with E-state index in [1.54, 1.807) is 55.1 Å². The molecule has 4 aromatic rings. The van der Waals surface area contributed by atoms with Crippen molar-refractivity contribution in [2.75, 3.05) is 38.3 Å². The van der Waals surface area contributed by atoms with Crippen LogP contribution in [0.1, 0.15) is 130 Å². The normalized spacial score (nSPS) is 25.4. The zero-order valence-electron chi connectivity index (χ0n) is 41.5. The molecule has 14 heteroatoms. The molecule has 3 N–H and O–H groups in total. The van der Waals surface area contributed by atoms with Crippen LogP contribution in [0.3, 0.4) is 0 Å². The number of aliphatic hydroxyl groups excluding tert-OH is 1. The Hall–Kier alpha value is -6.53. The maximum atomic E-state index is 16.9. The fourth-order valence-corrected chi connectivity index (χ4v) is 12.0. The van der Waals surface area contributed by atoms with E-state index < -0.39 is 82.9 Å². The Morgan fingerprint density at radius 2 is 1.43 bits per heavy atom. The molecule has 378 valence electrons. The van der Waals surface area contributed by atoms with Crippen molar-refractivity contribution in [1.29, 1.82) is 0 Å². The summed E-state index contributed by atoms with van der Waals surface area (Å²) in [4.78, 5) is 82.3. The Labute approximate surface area is 422 Å². The molecule has 4 aliphatic heterocycles. The van der Waals surface area contributed by atoms with Crippen molar-refractivity contribution < 1.29 is 48.4 Å². The van der Waals surface area contributed by atoms with Crippen molar-refractivity contribution in [2.45, 2.75) is 126 Å². The minimum Gasteiger partial charge on any atom is -0.491 e. The summed E-state index contributed by atoms with van der Waals surface area (Å²) in [5.74, 6) is 2.26. The number of hydrogen-bond acceptors (Lipinski definition) is 11. The van der Waals surface area contributed by atoms with Gasteiger partial charge in [0.1, 0.15) is 41.6 Å². The largest absolute Gasteiger partial charge is 0.491 e. The highest BCUT2D eigenvalue weighted by molar-refractivity contribution is 6.25. The SMILES string of the molecule is COC(=O)[C@@H](NC(=O)N1C(=O)[C@@]2(c3cc(C#CC4(O)CCCCCC4)ccc31)[C@H](C(=O)N1CCCCCCC1)[C@H]1C(=O)O[C@H](c3ccccc3)[C@H](c3ccccc3)N1[C@@H]2c1cccc(OCCO)c1)C(C)C. The van der Waals surface area contributed by atoms with Crippen molar-refractivity contribution in [3.63, 3.8) is 0 Å². The van der Waals surface area contributed by atoms with Crippen LogP contribution in [-0.2, 0) is 34.1 Å². The van der Waals surface area contributed by atoms with Crippen LogP contribution in [0, 0.1) is 23.7 Å². The minimum absolute atomic E-state index is 0.0297. The van der Waals surface area contributed by atoms with Gasteiger partial charge in [0, 0.05) is 18.7 Å². The summed E-state index contributed by atoms with van der Waals surface area (Å²) < 4.78 is 17.9. The van der Waals surface area contributed by atoms with Crippen molar-refractivity contribution in [3.05, 3.63) is 131 Å². The van der Waals surface area contributed by atoms with E-state index in [4.69, 9.17) is 14.2 Å². The molecule has 14 nitrogen and oxygen atoms in total. The Kier molecular flexibility index (Phi) is 15.2. The number of amides is 4.